The van der Waals surface area contributed by atoms with Crippen molar-refractivity contribution < 1.29 is 0 Å². The maximum absolute atomic E-state index is 6.01. The fraction of sp³-hybridized carbons (Fsp3) is 0.250. The van der Waals surface area contributed by atoms with Crippen molar-refractivity contribution in [2.75, 3.05) is 11.1 Å². The molecule has 1 aromatic carbocycles. The molecule has 0 bridgehead atoms. The van der Waals surface area contributed by atoms with Gasteiger partial charge in [-0.25, -0.2) is 4.68 Å². The number of benzene rings is 1. The Hall–Kier alpha value is -1.20. The van der Waals surface area contributed by atoms with Crippen molar-refractivity contribution in [2.24, 2.45) is 0 Å². The second kappa shape index (κ2) is 5.20. The van der Waals surface area contributed by atoms with Crippen LogP contribution in [-0.4, -0.2) is 9.78 Å². The summed E-state index contributed by atoms with van der Waals surface area (Å²) in [5.41, 5.74) is 8.42. The Bertz CT molecular complexity index is 580. The Morgan fingerprint density at radius 2 is 2.22 bits per heavy atom. The molecule has 0 saturated heterocycles. The van der Waals surface area contributed by atoms with Gasteiger partial charge in [-0.3, -0.25) is 0 Å². The summed E-state index contributed by atoms with van der Waals surface area (Å²) >= 11 is 9.35. The van der Waals surface area contributed by atoms with Crippen molar-refractivity contribution in [3.05, 3.63) is 33.4 Å². The highest BCUT2D eigenvalue weighted by Gasteiger charge is 2.11. The molecule has 2 aromatic rings. The third-order valence-corrected chi connectivity index (χ3v) is 3.87. The smallest absolute Gasteiger partial charge is 0.152 e. The molecule has 0 atom stereocenters. The highest BCUT2D eigenvalue weighted by Crippen LogP contribution is 2.30. The molecule has 0 saturated carbocycles. The second-order valence-corrected chi connectivity index (χ2v) is 5.18. The largest absolute Gasteiger partial charge is 0.394 e. The molecule has 6 heteroatoms. The summed E-state index contributed by atoms with van der Waals surface area (Å²) < 4.78 is 2.68. The standard InChI is InChI=1S/C12H14BrClN4/c1-3-18-12(11(15)7(2)17-18)16-8-4-5-10(14)9(13)6-8/h4-6,16H,3,15H2,1-2H3. The normalized spacial score (nSPS) is 10.7. The maximum atomic E-state index is 6.01. The van der Waals surface area contributed by atoms with Gasteiger partial charge in [0.1, 0.15) is 0 Å². The van der Waals surface area contributed by atoms with E-state index in [0.29, 0.717) is 10.7 Å². The van der Waals surface area contributed by atoms with Crippen LogP contribution in [0.4, 0.5) is 17.2 Å². The average Bonchev–Trinajstić information content (AvgIpc) is 2.61. The predicted molar refractivity (Wildman–Crippen MR) is 79.5 cm³/mol. The van der Waals surface area contributed by atoms with E-state index < -0.39 is 0 Å². The van der Waals surface area contributed by atoms with Crippen LogP contribution in [0.15, 0.2) is 22.7 Å². The maximum Gasteiger partial charge on any atom is 0.152 e. The van der Waals surface area contributed by atoms with Gasteiger partial charge in [-0.2, -0.15) is 5.10 Å². The third-order valence-electron chi connectivity index (χ3n) is 2.66. The average molecular weight is 330 g/mol. The van der Waals surface area contributed by atoms with Gasteiger partial charge < -0.3 is 11.1 Å². The van der Waals surface area contributed by atoms with E-state index in [4.69, 9.17) is 17.3 Å². The molecule has 0 aliphatic rings. The number of nitrogens with one attached hydrogen (secondary N) is 1. The van der Waals surface area contributed by atoms with E-state index >= 15 is 0 Å². The highest BCUT2D eigenvalue weighted by atomic mass is 79.9. The molecule has 1 aromatic heterocycles. The molecule has 18 heavy (non-hydrogen) atoms. The van der Waals surface area contributed by atoms with Crippen LogP contribution in [0, 0.1) is 6.92 Å². The summed E-state index contributed by atoms with van der Waals surface area (Å²) in [6.07, 6.45) is 0. The Morgan fingerprint density at radius 3 is 2.83 bits per heavy atom. The van der Waals surface area contributed by atoms with Crippen molar-refractivity contribution in [1.29, 1.82) is 0 Å². The minimum absolute atomic E-state index is 0.669. The van der Waals surface area contributed by atoms with Gasteiger partial charge in [0, 0.05) is 16.7 Å². The van der Waals surface area contributed by atoms with Crippen molar-refractivity contribution in [2.45, 2.75) is 20.4 Å². The zero-order valence-electron chi connectivity index (χ0n) is 10.2. The Kier molecular flexibility index (Phi) is 3.82. The molecule has 0 aliphatic heterocycles. The van der Waals surface area contributed by atoms with Gasteiger partial charge in [-0.05, 0) is 48.0 Å². The zero-order chi connectivity index (χ0) is 13.3. The number of hydrogen-bond donors (Lipinski definition) is 2. The van der Waals surface area contributed by atoms with Gasteiger partial charge in [0.2, 0.25) is 0 Å². The van der Waals surface area contributed by atoms with Crippen molar-refractivity contribution in [3.63, 3.8) is 0 Å². The molecule has 4 nitrogen and oxygen atoms in total. The van der Waals surface area contributed by atoms with Crippen LogP contribution in [0.25, 0.3) is 0 Å². The van der Waals surface area contributed by atoms with E-state index in [1.807, 2.05) is 36.7 Å². The lowest BCUT2D eigenvalue weighted by Crippen LogP contribution is -2.04. The van der Waals surface area contributed by atoms with Crippen LogP contribution < -0.4 is 11.1 Å². The summed E-state index contributed by atoms with van der Waals surface area (Å²) in [5.74, 6) is 0.809. The molecular formula is C12H14BrClN4. The predicted octanol–water partition coefficient (Wildman–Crippen LogP) is 3.95. The fourth-order valence-corrected chi connectivity index (χ4v) is 2.16. The molecule has 3 N–H and O–H groups in total. The summed E-state index contributed by atoms with van der Waals surface area (Å²) in [7, 11) is 0. The second-order valence-electron chi connectivity index (χ2n) is 3.92. The van der Waals surface area contributed by atoms with E-state index in [2.05, 4.69) is 26.3 Å². The van der Waals surface area contributed by atoms with Crippen LogP contribution >= 0.6 is 27.5 Å². The Morgan fingerprint density at radius 1 is 1.50 bits per heavy atom. The number of nitrogens with zero attached hydrogens (tertiary/aromatic N) is 2. The van der Waals surface area contributed by atoms with Crippen molar-refractivity contribution in [1.82, 2.24) is 9.78 Å². The zero-order valence-corrected chi connectivity index (χ0v) is 12.5. The first-order chi connectivity index (χ1) is 8.52. The number of aryl methyl sites for hydroxylation is 2. The summed E-state index contributed by atoms with van der Waals surface area (Å²) in [6, 6.07) is 5.63. The van der Waals surface area contributed by atoms with Crippen LogP contribution in [0.5, 0.6) is 0 Å². The molecule has 0 spiro atoms. The van der Waals surface area contributed by atoms with Gasteiger partial charge in [-0.15, -0.1) is 0 Å². The van der Waals surface area contributed by atoms with Gasteiger partial charge in [0.05, 0.1) is 16.4 Å². The quantitative estimate of drug-likeness (QED) is 0.896. The van der Waals surface area contributed by atoms with Gasteiger partial charge in [0.25, 0.3) is 0 Å². The summed E-state index contributed by atoms with van der Waals surface area (Å²) in [6.45, 7) is 4.68. The fourth-order valence-electron chi connectivity index (χ4n) is 1.67. The molecule has 2 rings (SSSR count). The SMILES string of the molecule is CCn1nc(C)c(N)c1Nc1ccc(Cl)c(Br)c1. The molecule has 0 amide bonds. The minimum Gasteiger partial charge on any atom is -0.394 e. The number of nitrogen functional groups attached to an aromatic ring is 1. The minimum atomic E-state index is 0.669. The van der Waals surface area contributed by atoms with E-state index in [-0.39, 0.29) is 0 Å². The Balaban J connectivity index is 2.36. The molecule has 0 radical (unpaired) electrons. The Labute approximate surface area is 119 Å². The lowest BCUT2D eigenvalue weighted by atomic mass is 10.3. The van der Waals surface area contributed by atoms with Gasteiger partial charge in [0.15, 0.2) is 5.82 Å². The number of anilines is 3. The number of nitrogens with two attached hydrogens (primary N) is 1. The van der Waals surface area contributed by atoms with Crippen molar-refractivity contribution >= 4 is 44.7 Å². The molecule has 0 fully saturated rings. The van der Waals surface area contributed by atoms with E-state index in [1.165, 1.54) is 0 Å². The van der Waals surface area contributed by atoms with Crippen LogP contribution in [0.3, 0.4) is 0 Å². The third kappa shape index (κ3) is 2.47. The monoisotopic (exact) mass is 328 g/mol. The molecular weight excluding hydrogens is 316 g/mol. The van der Waals surface area contributed by atoms with E-state index in [0.717, 1.165) is 28.2 Å². The van der Waals surface area contributed by atoms with Gasteiger partial charge >= 0.3 is 0 Å². The van der Waals surface area contributed by atoms with E-state index in [1.54, 1.807) is 0 Å². The number of aromatic nitrogens is 2. The summed E-state index contributed by atoms with van der Waals surface area (Å²) in [4.78, 5) is 0. The van der Waals surface area contributed by atoms with E-state index in [9.17, 15) is 0 Å². The molecule has 0 unspecified atom stereocenters. The molecule has 0 aliphatic carbocycles. The summed E-state index contributed by atoms with van der Waals surface area (Å²) in [5, 5.41) is 8.30. The first-order valence-corrected chi connectivity index (χ1v) is 6.75. The molecule has 1 heterocycles. The van der Waals surface area contributed by atoms with Crippen LogP contribution in [-0.2, 0) is 6.54 Å². The van der Waals surface area contributed by atoms with Gasteiger partial charge in [-0.1, -0.05) is 11.6 Å². The first-order valence-electron chi connectivity index (χ1n) is 5.58. The van der Waals surface area contributed by atoms with Crippen molar-refractivity contribution in [3.8, 4) is 0 Å². The van der Waals surface area contributed by atoms with Crippen LogP contribution in [0.2, 0.25) is 5.02 Å². The molecule has 96 valence electrons. The first kappa shape index (κ1) is 13.2. The number of halogens is 2. The topological polar surface area (TPSA) is 55.9 Å². The lowest BCUT2D eigenvalue weighted by Gasteiger charge is -2.10. The number of rotatable bonds is 3. The highest BCUT2D eigenvalue weighted by molar-refractivity contribution is 9.10. The van der Waals surface area contributed by atoms with Crippen LogP contribution in [0.1, 0.15) is 12.6 Å². The number of hydrogen-bond acceptors (Lipinski definition) is 3. The lowest BCUT2D eigenvalue weighted by molar-refractivity contribution is 0.661.